The Kier molecular flexibility index (Phi) is 8.27. The third-order valence-corrected chi connectivity index (χ3v) is 3.46. The van der Waals surface area contributed by atoms with Crippen LogP contribution in [0.1, 0.15) is 18.1 Å². The number of hydrogen-bond acceptors (Lipinski definition) is 4. The summed E-state index contributed by atoms with van der Waals surface area (Å²) in [4.78, 5) is 8.45. The van der Waals surface area contributed by atoms with E-state index in [4.69, 9.17) is 9.47 Å². The molecular formula is C19H26N4O2. The second-order valence-electron chi connectivity index (χ2n) is 5.33. The molecule has 0 aliphatic heterocycles. The van der Waals surface area contributed by atoms with Crippen LogP contribution >= 0.6 is 0 Å². The Morgan fingerprint density at radius 1 is 1.12 bits per heavy atom. The molecule has 0 bridgehead atoms. The molecule has 134 valence electrons. The van der Waals surface area contributed by atoms with Crippen LogP contribution in [0.4, 0.5) is 0 Å². The van der Waals surface area contributed by atoms with Crippen molar-refractivity contribution in [3.05, 3.63) is 59.8 Å². The lowest BCUT2D eigenvalue weighted by Gasteiger charge is -2.12. The average molecular weight is 342 g/mol. The minimum atomic E-state index is 0.505. The summed E-state index contributed by atoms with van der Waals surface area (Å²) in [5.74, 6) is 1.35. The molecule has 1 aromatic carbocycles. The van der Waals surface area contributed by atoms with Crippen molar-refractivity contribution in [2.24, 2.45) is 4.99 Å². The van der Waals surface area contributed by atoms with Gasteiger partial charge in [-0.05, 0) is 24.1 Å². The van der Waals surface area contributed by atoms with E-state index in [1.165, 1.54) is 0 Å². The molecule has 0 saturated heterocycles. The van der Waals surface area contributed by atoms with Crippen molar-refractivity contribution in [2.45, 2.75) is 20.1 Å². The van der Waals surface area contributed by atoms with Gasteiger partial charge in [-0.1, -0.05) is 30.3 Å². The van der Waals surface area contributed by atoms with Gasteiger partial charge in [0, 0.05) is 39.0 Å². The van der Waals surface area contributed by atoms with E-state index in [0.29, 0.717) is 25.6 Å². The fourth-order valence-corrected chi connectivity index (χ4v) is 2.16. The number of nitrogens with zero attached hydrogens (tertiary/aromatic N) is 2. The summed E-state index contributed by atoms with van der Waals surface area (Å²) < 4.78 is 11.1. The maximum absolute atomic E-state index is 5.76. The Morgan fingerprint density at radius 2 is 1.96 bits per heavy atom. The number of aromatic nitrogens is 1. The molecule has 6 heteroatoms. The van der Waals surface area contributed by atoms with E-state index < -0.39 is 0 Å². The van der Waals surface area contributed by atoms with Crippen LogP contribution in [-0.2, 0) is 17.9 Å². The van der Waals surface area contributed by atoms with Gasteiger partial charge in [0.2, 0.25) is 5.88 Å². The first kappa shape index (κ1) is 18.7. The van der Waals surface area contributed by atoms with E-state index in [9.17, 15) is 0 Å². The highest BCUT2D eigenvalue weighted by Crippen LogP contribution is 2.11. The van der Waals surface area contributed by atoms with Gasteiger partial charge in [0.25, 0.3) is 0 Å². The molecule has 25 heavy (non-hydrogen) atoms. The lowest BCUT2D eigenvalue weighted by molar-refractivity contribution is 0.152. The van der Waals surface area contributed by atoms with Crippen molar-refractivity contribution in [1.29, 1.82) is 0 Å². The van der Waals surface area contributed by atoms with Gasteiger partial charge >= 0.3 is 0 Å². The topological polar surface area (TPSA) is 67.8 Å². The zero-order valence-electron chi connectivity index (χ0n) is 14.9. The van der Waals surface area contributed by atoms with Gasteiger partial charge in [0.05, 0.1) is 6.61 Å². The van der Waals surface area contributed by atoms with Crippen molar-refractivity contribution in [2.75, 3.05) is 26.8 Å². The maximum Gasteiger partial charge on any atom is 0.213 e. The molecule has 0 aliphatic carbocycles. The number of rotatable bonds is 9. The molecule has 0 unspecified atom stereocenters. The highest BCUT2D eigenvalue weighted by molar-refractivity contribution is 5.79. The molecule has 0 radical (unpaired) electrons. The van der Waals surface area contributed by atoms with Crippen LogP contribution in [0.15, 0.2) is 53.7 Å². The molecule has 2 rings (SSSR count). The van der Waals surface area contributed by atoms with Crippen molar-refractivity contribution in [1.82, 2.24) is 15.6 Å². The van der Waals surface area contributed by atoms with Crippen LogP contribution in [-0.4, -0.2) is 37.7 Å². The number of ether oxygens (including phenoxy) is 2. The van der Waals surface area contributed by atoms with Crippen LogP contribution < -0.4 is 15.4 Å². The fourth-order valence-electron chi connectivity index (χ4n) is 2.16. The van der Waals surface area contributed by atoms with Crippen LogP contribution in [0.5, 0.6) is 5.88 Å². The molecular weight excluding hydrogens is 316 g/mol. The zero-order valence-corrected chi connectivity index (χ0v) is 14.9. The van der Waals surface area contributed by atoms with E-state index in [1.54, 1.807) is 13.2 Å². The van der Waals surface area contributed by atoms with Gasteiger partial charge < -0.3 is 20.1 Å². The summed E-state index contributed by atoms with van der Waals surface area (Å²) in [6.07, 6.45) is 1.75. The number of pyridine rings is 1. The standard InChI is InChI=1S/C19H26N4O2/c1-3-24-12-11-22-19(20-2)23-14-17-9-10-21-18(13-17)25-15-16-7-5-4-6-8-16/h4-10,13H,3,11-12,14-15H2,1-2H3,(H2,20,22,23). The summed E-state index contributed by atoms with van der Waals surface area (Å²) in [7, 11) is 1.75. The molecule has 6 nitrogen and oxygen atoms in total. The monoisotopic (exact) mass is 342 g/mol. The Hall–Kier alpha value is -2.60. The predicted molar refractivity (Wildman–Crippen MR) is 99.7 cm³/mol. The summed E-state index contributed by atoms with van der Waals surface area (Å²) in [6, 6.07) is 13.9. The Balaban J connectivity index is 1.80. The molecule has 0 spiro atoms. The third-order valence-electron chi connectivity index (χ3n) is 3.46. The third kappa shape index (κ3) is 7.22. The van der Waals surface area contributed by atoms with Crippen molar-refractivity contribution >= 4 is 5.96 Å². The van der Waals surface area contributed by atoms with Crippen LogP contribution in [0.25, 0.3) is 0 Å². The van der Waals surface area contributed by atoms with Gasteiger partial charge in [-0.15, -0.1) is 0 Å². The Morgan fingerprint density at radius 3 is 2.72 bits per heavy atom. The zero-order chi connectivity index (χ0) is 17.7. The minimum Gasteiger partial charge on any atom is -0.473 e. The SMILES string of the molecule is CCOCCNC(=NC)NCc1ccnc(OCc2ccccc2)c1. The van der Waals surface area contributed by atoms with Crippen LogP contribution in [0.3, 0.4) is 0 Å². The van der Waals surface area contributed by atoms with Crippen molar-refractivity contribution in [3.63, 3.8) is 0 Å². The van der Waals surface area contributed by atoms with E-state index in [2.05, 4.69) is 20.6 Å². The normalized spacial score (nSPS) is 11.2. The van der Waals surface area contributed by atoms with E-state index >= 15 is 0 Å². The first-order valence-corrected chi connectivity index (χ1v) is 8.45. The Labute approximate surface area is 149 Å². The van der Waals surface area contributed by atoms with Gasteiger partial charge in [-0.25, -0.2) is 4.98 Å². The number of benzene rings is 1. The Bertz CT molecular complexity index is 647. The van der Waals surface area contributed by atoms with Crippen molar-refractivity contribution in [3.8, 4) is 5.88 Å². The summed E-state index contributed by atoms with van der Waals surface area (Å²) in [5, 5.41) is 6.47. The molecule has 2 aromatic rings. The van der Waals surface area contributed by atoms with Crippen LogP contribution in [0.2, 0.25) is 0 Å². The summed E-state index contributed by atoms with van der Waals surface area (Å²) >= 11 is 0. The molecule has 0 aliphatic rings. The maximum atomic E-state index is 5.76. The van der Waals surface area contributed by atoms with Gasteiger partial charge in [0.1, 0.15) is 6.61 Å². The van der Waals surface area contributed by atoms with Crippen LogP contribution in [0, 0.1) is 0 Å². The highest BCUT2D eigenvalue weighted by atomic mass is 16.5. The molecule has 1 aromatic heterocycles. The van der Waals surface area contributed by atoms with Crippen molar-refractivity contribution < 1.29 is 9.47 Å². The van der Waals surface area contributed by atoms with Gasteiger partial charge in [0.15, 0.2) is 5.96 Å². The number of guanidine groups is 1. The van der Waals surface area contributed by atoms with E-state index in [0.717, 1.165) is 30.2 Å². The lowest BCUT2D eigenvalue weighted by atomic mass is 10.2. The summed E-state index contributed by atoms with van der Waals surface area (Å²) in [6.45, 7) is 5.22. The second-order valence-corrected chi connectivity index (χ2v) is 5.33. The molecule has 2 N–H and O–H groups in total. The number of nitrogens with one attached hydrogen (secondary N) is 2. The smallest absolute Gasteiger partial charge is 0.213 e. The number of aliphatic imine (C=N–C) groups is 1. The average Bonchev–Trinajstić information content (AvgIpc) is 2.67. The molecule has 0 saturated carbocycles. The van der Waals surface area contributed by atoms with E-state index in [1.807, 2.05) is 49.4 Å². The first-order valence-electron chi connectivity index (χ1n) is 8.45. The van der Waals surface area contributed by atoms with E-state index in [-0.39, 0.29) is 0 Å². The molecule has 1 heterocycles. The second kappa shape index (κ2) is 11.0. The largest absolute Gasteiger partial charge is 0.473 e. The molecule has 0 atom stereocenters. The predicted octanol–water partition coefficient (Wildman–Crippen LogP) is 2.36. The fraction of sp³-hybridized carbons (Fsp3) is 0.368. The summed E-state index contributed by atoms with van der Waals surface area (Å²) in [5.41, 5.74) is 2.19. The quantitative estimate of drug-likeness (QED) is 0.416. The van der Waals surface area contributed by atoms with Gasteiger partial charge in [-0.2, -0.15) is 0 Å². The lowest BCUT2D eigenvalue weighted by Crippen LogP contribution is -2.38. The highest BCUT2D eigenvalue weighted by Gasteiger charge is 2.02. The van der Waals surface area contributed by atoms with Gasteiger partial charge in [-0.3, -0.25) is 4.99 Å². The minimum absolute atomic E-state index is 0.505. The first-order chi connectivity index (χ1) is 12.3. The molecule has 0 amide bonds. The number of hydrogen-bond donors (Lipinski definition) is 2. The molecule has 0 fully saturated rings.